The number of aromatic amines is 1. The topological polar surface area (TPSA) is 131 Å². The summed E-state index contributed by atoms with van der Waals surface area (Å²) in [5.41, 5.74) is -1.58. The molecular formula is C15H21N3O7. The van der Waals surface area contributed by atoms with Gasteiger partial charge in [0.15, 0.2) is 6.23 Å². The number of nitrogens with one attached hydrogen (secondary N) is 1. The van der Waals surface area contributed by atoms with Crippen molar-refractivity contribution in [2.45, 2.75) is 52.0 Å². The van der Waals surface area contributed by atoms with Crippen molar-refractivity contribution in [1.82, 2.24) is 14.5 Å². The van der Waals surface area contributed by atoms with E-state index in [0.29, 0.717) is 5.56 Å². The van der Waals surface area contributed by atoms with Crippen LogP contribution in [0.2, 0.25) is 0 Å². The molecule has 1 fully saturated rings. The minimum absolute atomic E-state index is 0.0122. The number of carbonyl (C=O) groups is 2. The lowest BCUT2D eigenvalue weighted by atomic mass is 10.2. The average Bonchev–Trinajstić information content (AvgIpc) is 2.84. The molecule has 1 amide bonds. The molecule has 0 saturated carbocycles. The Hall–Kier alpha value is -2.78. The summed E-state index contributed by atoms with van der Waals surface area (Å²) in [6.45, 7) is 6.60. The van der Waals surface area contributed by atoms with Gasteiger partial charge in [0.05, 0.1) is 6.04 Å². The fourth-order valence-electron chi connectivity index (χ4n) is 2.58. The minimum atomic E-state index is -1.54. The molecule has 1 aromatic heterocycles. The zero-order valence-electron chi connectivity index (χ0n) is 14.4. The third kappa shape index (κ3) is 4.40. The van der Waals surface area contributed by atoms with Gasteiger partial charge in [-0.25, -0.2) is 14.4 Å². The van der Waals surface area contributed by atoms with Crippen molar-refractivity contribution in [3.63, 3.8) is 0 Å². The summed E-state index contributed by atoms with van der Waals surface area (Å²) >= 11 is 0. The van der Waals surface area contributed by atoms with Crippen LogP contribution in [0.25, 0.3) is 0 Å². The van der Waals surface area contributed by atoms with Crippen molar-refractivity contribution in [2.24, 2.45) is 0 Å². The predicted molar refractivity (Wildman–Crippen MR) is 85.6 cm³/mol. The summed E-state index contributed by atoms with van der Waals surface area (Å²) in [5, 5.41) is 8.88. The number of hydrogen-bond acceptors (Lipinski definition) is 6. The molecule has 0 radical (unpaired) electrons. The third-order valence-electron chi connectivity index (χ3n) is 3.63. The fraction of sp³-hybridized carbons (Fsp3) is 0.600. The number of likely N-dealkylation sites (tertiary alicyclic amines) is 1. The van der Waals surface area contributed by atoms with E-state index in [0.717, 1.165) is 4.90 Å². The molecule has 138 valence electrons. The smallest absolute Gasteiger partial charge is 0.450 e. The van der Waals surface area contributed by atoms with E-state index in [9.17, 15) is 19.2 Å². The van der Waals surface area contributed by atoms with Gasteiger partial charge in [-0.05, 0) is 27.7 Å². The number of amides is 1. The van der Waals surface area contributed by atoms with Crippen LogP contribution in [-0.4, -0.2) is 50.2 Å². The lowest BCUT2D eigenvalue weighted by Crippen LogP contribution is -2.42. The maximum atomic E-state index is 12.3. The number of H-pyrrole nitrogens is 1. The van der Waals surface area contributed by atoms with Crippen LogP contribution in [0, 0.1) is 6.92 Å². The summed E-state index contributed by atoms with van der Waals surface area (Å²) in [5.74, 6) is 0. The standard InChI is InChI=1S/C15H21N3O7/c1-8-6-17(12(20)16-11(8)19)9-5-10(24-14(22)23)18(7-9)13(21)25-15(2,3)4/h6,9-10H,5,7H2,1-4H3,(H,22,23)(H,16,19,20)/t9-,10+/m1/s1. The largest absolute Gasteiger partial charge is 0.507 e. The Morgan fingerprint density at radius 3 is 2.52 bits per heavy atom. The predicted octanol–water partition coefficient (Wildman–Crippen LogP) is 1.05. The fourth-order valence-corrected chi connectivity index (χ4v) is 2.58. The molecule has 1 aromatic rings. The highest BCUT2D eigenvalue weighted by molar-refractivity contribution is 5.69. The molecule has 2 N–H and O–H groups in total. The molecule has 0 aliphatic carbocycles. The van der Waals surface area contributed by atoms with E-state index in [1.165, 1.54) is 10.8 Å². The molecule has 10 heteroatoms. The van der Waals surface area contributed by atoms with Crippen molar-refractivity contribution < 1.29 is 24.2 Å². The van der Waals surface area contributed by atoms with Crippen LogP contribution in [0.5, 0.6) is 0 Å². The van der Waals surface area contributed by atoms with E-state index in [-0.39, 0.29) is 13.0 Å². The van der Waals surface area contributed by atoms with Gasteiger partial charge in [0.1, 0.15) is 5.60 Å². The Morgan fingerprint density at radius 2 is 1.96 bits per heavy atom. The molecule has 2 atom stereocenters. The molecule has 1 aliphatic rings. The zero-order chi connectivity index (χ0) is 18.9. The van der Waals surface area contributed by atoms with Gasteiger partial charge in [-0.3, -0.25) is 19.2 Å². The van der Waals surface area contributed by atoms with E-state index in [1.54, 1.807) is 27.7 Å². The van der Waals surface area contributed by atoms with Crippen LogP contribution >= 0.6 is 0 Å². The van der Waals surface area contributed by atoms with Crippen LogP contribution in [0.15, 0.2) is 15.8 Å². The minimum Gasteiger partial charge on any atom is -0.450 e. The van der Waals surface area contributed by atoms with E-state index in [4.69, 9.17) is 14.6 Å². The third-order valence-corrected chi connectivity index (χ3v) is 3.63. The Bertz CT molecular complexity index is 790. The van der Waals surface area contributed by atoms with Crippen molar-refractivity contribution in [2.75, 3.05) is 6.54 Å². The second-order valence-electron chi connectivity index (χ2n) is 6.84. The van der Waals surface area contributed by atoms with E-state index >= 15 is 0 Å². The van der Waals surface area contributed by atoms with Gasteiger partial charge >= 0.3 is 17.9 Å². The maximum absolute atomic E-state index is 12.3. The molecular weight excluding hydrogens is 334 g/mol. The summed E-state index contributed by atoms with van der Waals surface area (Å²) in [7, 11) is 0. The van der Waals surface area contributed by atoms with Gasteiger partial charge < -0.3 is 14.6 Å². The molecule has 0 bridgehead atoms. The molecule has 0 unspecified atom stereocenters. The second-order valence-corrected chi connectivity index (χ2v) is 6.84. The molecule has 10 nitrogen and oxygen atoms in total. The Kier molecular flexibility index (Phi) is 4.91. The van der Waals surface area contributed by atoms with Crippen LogP contribution in [0.3, 0.4) is 0 Å². The maximum Gasteiger partial charge on any atom is 0.507 e. The van der Waals surface area contributed by atoms with Crippen molar-refractivity contribution in [1.29, 1.82) is 0 Å². The molecule has 1 saturated heterocycles. The first-order chi connectivity index (χ1) is 11.5. The highest BCUT2D eigenvalue weighted by Crippen LogP contribution is 2.29. The summed E-state index contributed by atoms with van der Waals surface area (Å²) in [4.78, 5) is 50.0. The molecule has 1 aliphatic heterocycles. The number of rotatable bonds is 2. The normalized spacial score (nSPS) is 20.4. The van der Waals surface area contributed by atoms with Crippen LogP contribution in [0.1, 0.15) is 38.8 Å². The van der Waals surface area contributed by atoms with Gasteiger partial charge in [0.2, 0.25) is 0 Å². The van der Waals surface area contributed by atoms with Gasteiger partial charge in [-0.15, -0.1) is 0 Å². The quantitative estimate of drug-likeness (QED) is 0.758. The van der Waals surface area contributed by atoms with Crippen LogP contribution < -0.4 is 11.2 Å². The second kappa shape index (κ2) is 6.61. The van der Waals surface area contributed by atoms with E-state index < -0.39 is 41.4 Å². The number of carbonyl (C=O) groups excluding carboxylic acids is 1. The summed E-state index contributed by atoms with van der Waals surface area (Å²) in [6, 6.07) is -0.556. The molecule has 0 spiro atoms. The number of aromatic nitrogens is 2. The highest BCUT2D eigenvalue weighted by Gasteiger charge is 2.41. The number of carboxylic acid groups (broad SMARTS) is 1. The number of aryl methyl sites for hydroxylation is 1. The van der Waals surface area contributed by atoms with E-state index in [2.05, 4.69) is 4.98 Å². The summed E-state index contributed by atoms with van der Waals surface area (Å²) < 4.78 is 11.3. The molecule has 0 aromatic carbocycles. The van der Waals surface area contributed by atoms with Gasteiger partial charge in [0, 0.05) is 24.7 Å². The van der Waals surface area contributed by atoms with Gasteiger partial charge in [0.25, 0.3) is 5.56 Å². The molecule has 2 rings (SSSR count). The number of nitrogens with zero attached hydrogens (tertiary/aromatic N) is 2. The first-order valence-electron chi connectivity index (χ1n) is 7.69. The van der Waals surface area contributed by atoms with Gasteiger partial charge in [-0.1, -0.05) is 0 Å². The van der Waals surface area contributed by atoms with E-state index in [1.807, 2.05) is 0 Å². The van der Waals surface area contributed by atoms with Crippen molar-refractivity contribution in [3.05, 3.63) is 32.6 Å². The number of ether oxygens (including phenoxy) is 2. The number of hydrogen-bond donors (Lipinski definition) is 2. The Morgan fingerprint density at radius 1 is 1.32 bits per heavy atom. The van der Waals surface area contributed by atoms with Crippen molar-refractivity contribution in [3.8, 4) is 0 Å². The monoisotopic (exact) mass is 355 g/mol. The molecule has 25 heavy (non-hydrogen) atoms. The zero-order valence-corrected chi connectivity index (χ0v) is 14.4. The van der Waals surface area contributed by atoms with Gasteiger partial charge in [-0.2, -0.15) is 0 Å². The van der Waals surface area contributed by atoms with Crippen molar-refractivity contribution >= 4 is 12.2 Å². The van der Waals surface area contributed by atoms with Crippen LogP contribution in [-0.2, 0) is 9.47 Å². The average molecular weight is 355 g/mol. The highest BCUT2D eigenvalue weighted by atomic mass is 16.7. The lowest BCUT2D eigenvalue weighted by Gasteiger charge is -2.27. The first-order valence-corrected chi connectivity index (χ1v) is 7.69. The first kappa shape index (κ1) is 18.6. The summed E-state index contributed by atoms with van der Waals surface area (Å²) in [6.07, 6.45) is -1.92. The Balaban J connectivity index is 2.31. The lowest BCUT2D eigenvalue weighted by molar-refractivity contribution is -0.0324. The molecule has 2 heterocycles. The Labute approximate surface area is 143 Å². The SMILES string of the molecule is Cc1cn([C@@H]2C[C@H](OC(=O)O)N(C(=O)OC(C)(C)C)C2)c(=O)[nH]c1=O. The van der Waals surface area contributed by atoms with Crippen LogP contribution in [0.4, 0.5) is 9.59 Å².